The molecular weight excluding hydrogens is 169 g/mol. The zero-order chi connectivity index (χ0) is 9.84. The highest BCUT2D eigenvalue weighted by atomic mass is 19.1. The van der Waals surface area contributed by atoms with E-state index in [1.54, 1.807) is 19.1 Å². The summed E-state index contributed by atoms with van der Waals surface area (Å²) >= 11 is 0. The average molecular weight is 181 g/mol. The van der Waals surface area contributed by atoms with E-state index < -0.39 is 0 Å². The highest BCUT2D eigenvalue weighted by molar-refractivity contribution is 5.59. The molecule has 0 aliphatic carbocycles. The van der Waals surface area contributed by atoms with E-state index in [0.717, 1.165) is 0 Å². The van der Waals surface area contributed by atoms with Gasteiger partial charge in [0.25, 0.3) is 0 Å². The normalized spacial score (nSPS) is 11.0. The van der Waals surface area contributed by atoms with Crippen LogP contribution in [0.4, 0.5) is 4.39 Å². The Labute approximate surface area is 76.5 Å². The van der Waals surface area contributed by atoms with Crippen molar-refractivity contribution >= 4 is 6.08 Å². The first-order chi connectivity index (χ1) is 6.15. The topological polar surface area (TPSA) is 46.2 Å². The van der Waals surface area contributed by atoms with Crippen LogP contribution in [0.2, 0.25) is 0 Å². The first-order valence-corrected chi connectivity index (χ1v) is 4.01. The van der Waals surface area contributed by atoms with Crippen LogP contribution in [0.3, 0.4) is 0 Å². The lowest BCUT2D eigenvalue weighted by atomic mass is 10.1. The monoisotopic (exact) mass is 181 g/mol. The van der Waals surface area contributed by atoms with Gasteiger partial charge in [0.15, 0.2) is 0 Å². The van der Waals surface area contributed by atoms with Crippen molar-refractivity contribution in [3.63, 3.8) is 0 Å². The molecule has 0 unspecified atom stereocenters. The minimum atomic E-state index is -0.355. The summed E-state index contributed by atoms with van der Waals surface area (Å²) in [7, 11) is 0. The van der Waals surface area contributed by atoms with Crippen LogP contribution in [-0.2, 0) is 0 Å². The lowest BCUT2D eigenvalue weighted by Crippen LogP contribution is -1.92. The Hall–Kier alpha value is -1.35. The summed E-state index contributed by atoms with van der Waals surface area (Å²) < 4.78 is 12.9. The average Bonchev–Trinajstić information content (AvgIpc) is 2.09. The molecule has 0 saturated heterocycles. The number of hydrogen-bond acceptors (Lipinski definition) is 2. The number of aromatic hydroxyl groups is 1. The van der Waals surface area contributed by atoms with Crippen LogP contribution < -0.4 is 5.73 Å². The molecular formula is C10H12FNO. The standard InChI is InChI=1S/C10H12FNO/c1-7-5-9(11)6-8(10(7)13)3-2-4-12/h2-3,5-6,13H,4,12H2,1H3. The van der Waals surface area contributed by atoms with Crippen molar-refractivity contribution in [1.29, 1.82) is 0 Å². The van der Waals surface area contributed by atoms with E-state index in [0.29, 0.717) is 17.7 Å². The number of hydrogen-bond donors (Lipinski definition) is 2. The molecule has 0 aliphatic heterocycles. The van der Waals surface area contributed by atoms with Gasteiger partial charge in [-0.25, -0.2) is 4.39 Å². The quantitative estimate of drug-likeness (QED) is 0.730. The van der Waals surface area contributed by atoms with E-state index >= 15 is 0 Å². The summed E-state index contributed by atoms with van der Waals surface area (Å²) in [6.45, 7) is 2.02. The van der Waals surface area contributed by atoms with Gasteiger partial charge in [0.05, 0.1) is 0 Å². The van der Waals surface area contributed by atoms with Crippen LogP contribution in [0.1, 0.15) is 11.1 Å². The van der Waals surface area contributed by atoms with Crippen molar-refractivity contribution in [3.05, 3.63) is 35.2 Å². The Kier molecular flexibility index (Phi) is 3.03. The highest BCUT2D eigenvalue weighted by Crippen LogP contribution is 2.24. The van der Waals surface area contributed by atoms with Gasteiger partial charge < -0.3 is 10.8 Å². The molecule has 3 N–H and O–H groups in total. The van der Waals surface area contributed by atoms with Crippen LogP contribution >= 0.6 is 0 Å². The number of phenolic OH excluding ortho intramolecular Hbond substituents is 1. The van der Waals surface area contributed by atoms with Gasteiger partial charge in [-0.2, -0.15) is 0 Å². The van der Waals surface area contributed by atoms with Gasteiger partial charge in [-0.15, -0.1) is 0 Å². The maximum atomic E-state index is 12.9. The molecule has 70 valence electrons. The molecule has 0 heterocycles. The molecule has 2 nitrogen and oxygen atoms in total. The van der Waals surface area contributed by atoms with Crippen molar-refractivity contribution < 1.29 is 9.50 Å². The lowest BCUT2D eigenvalue weighted by molar-refractivity contribution is 0.467. The van der Waals surface area contributed by atoms with Crippen LogP contribution in [0.15, 0.2) is 18.2 Å². The van der Waals surface area contributed by atoms with Crippen LogP contribution in [-0.4, -0.2) is 11.7 Å². The van der Waals surface area contributed by atoms with E-state index in [1.165, 1.54) is 12.1 Å². The SMILES string of the molecule is Cc1cc(F)cc(C=CCN)c1O. The maximum absolute atomic E-state index is 12.9. The second kappa shape index (κ2) is 4.05. The summed E-state index contributed by atoms with van der Waals surface area (Å²) in [6, 6.07) is 2.56. The number of benzene rings is 1. The number of aryl methyl sites for hydroxylation is 1. The molecule has 1 rings (SSSR count). The number of rotatable bonds is 2. The van der Waals surface area contributed by atoms with Gasteiger partial charge in [0.2, 0.25) is 0 Å². The van der Waals surface area contributed by atoms with Gasteiger partial charge in [0.1, 0.15) is 11.6 Å². The van der Waals surface area contributed by atoms with Crippen LogP contribution in [0, 0.1) is 12.7 Å². The predicted molar refractivity (Wildman–Crippen MR) is 50.9 cm³/mol. The molecule has 13 heavy (non-hydrogen) atoms. The number of halogens is 1. The predicted octanol–water partition coefficient (Wildman–Crippen LogP) is 1.81. The third-order valence-electron chi connectivity index (χ3n) is 1.73. The van der Waals surface area contributed by atoms with Crippen LogP contribution in [0.25, 0.3) is 6.08 Å². The minimum Gasteiger partial charge on any atom is -0.507 e. The third kappa shape index (κ3) is 2.29. The fourth-order valence-corrected chi connectivity index (χ4v) is 1.08. The van der Waals surface area contributed by atoms with E-state index in [4.69, 9.17) is 5.73 Å². The van der Waals surface area contributed by atoms with Gasteiger partial charge >= 0.3 is 0 Å². The third-order valence-corrected chi connectivity index (χ3v) is 1.73. The summed E-state index contributed by atoms with van der Waals surface area (Å²) in [5.74, 6) is -0.252. The first kappa shape index (κ1) is 9.74. The summed E-state index contributed by atoms with van der Waals surface area (Å²) in [5, 5.41) is 9.49. The second-order valence-corrected chi connectivity index (χ2v) is 2.80. The van der Waals surface area contributed by atoms with E-state index in [-0.39, 0.29) is 11.6 Å². The Morgan fingerprint density at radius 2 is 2.23 bits per heavy atom. The molecule has 3 heteroatoms. The van der Waals surface area contributed by atoms with Gasteiger partial charge in [-0.3, -0.25) is 0 Å². The second-order valence-electron chi connectivity index (χ2n) is 2.80. The smallest absolute Gasteiger partial charge is 0.125 e. The zero-order valence-electron chi connectivity index (χ0n) is 7.42. The molecule has 0 fully saturated rings. The van der Waals surface area contributed by atoms with E-state index in [9.17, 15) is 9.50 Å². The lowest BCUT2D eigenvalue weighted by Gasteiger charge is -2.02. The van der Waals surface area contributed by atoms with Gasteiger partial charge in [-0.1, -0.05) is 12.2 Å². The Morgan fingerprint density at radius 1 is 1.54 bits per heavy atom. The van der Waals surface area contributed by atoms with Crippen molar-refractivity contribution in [2.45, 2.75) is 6.92 Å². The van der Waals surface area contributed by atoms with Crippen molar-refractivity contribution in [3.8, 4) is 5.75 Å². The molecule has 1 aromatic rings. The highest BCUT2D eigenvalue weighted by Gasteiger charge is 2.03. The van der Waals surface area contributed by atoms with Crippen molar-refractivity contribution in [2.75, 3.05) is 6.54 Å². The molecule has 0 saturated carbocycles. The molecule has 1 aromatic carbocycles. The van der Waals surface area contributed by atoms with Crippen LogP contribution in [0.5, 0.6) is 5.75 Å². The van der Waals surface area contributed by atoms with E-state index in [2.05, 4.69) is 0 Å². The largest absolute Gasteiger partial charge is 0.507 e. The van der Waals surface area contributed by atoms with Gasteiger partial charge in [0, 0.05) is 12.1 Å². The molecule has 0 bridgehead atoms. The van der Waals surface area contributed by atoms with E-state index in [1.807, 2.05) is 0 Å². The Balaban J connectivity index is 3.12. The summed E-state index contributed by atoms with van der Waals surface area (Å²) in [5.41, 5.74) is 6.23. The van der Waals surface area contributed by atoms with Crippen molar-refractivity contribution in [2.24, 2.45) is 5.73 Å². The molecule has 0 aromatic heterocycles. The fourth-order valence-electron chi connectivity index (χ4n) is 1.08. The molecule has 0 aliphatic rings. The number of nitrogens with two attached hydrogens (primary N) is 1. The summed E-state index contributed by atoms with van der Waals surface area (Å²) in [6.07, 6.45) is 3.26. The first-order valence-electron chi connectivity index (χ1n) is 4.01. The number of phenols is 1. The maximum Gasteiger partial charge on any atom is 0.125 e. The fraction of sp³-hybridized carbons (Fsp3) is 0.200. The molecule has 0 spiro atoms. The Bertz CT molecular complexity index is 334. The van der Waals surface area contributed by atoms with Gasteiger partial charge in [-0.05, 0) is 24.6 Å². The van der Waals surface area contributed by atoms with Crippen molar-refractivity contribution in [1.82, 2.24) is 0 Å². The zero-order valence-corrected chi connectivity index (χ0v) is 7.42. The molecule has 0 radical (unpaired) electrons. The Morgan fingerprint density at radius 3 is 2.85 bits per heavy atom. The summed E-state index contributed by atoms with van der Waals surface area (Å²) in [4.78, 5) is 0. The molecule has 0 atom stereocenters. The molecule has 0 amide bonds. The minimum absolute atomic E-state index is 0.103.